The van der Waals surface area contributed by atoms with E-state index in [1.165, 1.54) is 6.42 Å². The van der Waals surface area contributed by atoms with Crippen molar-refractivity contribution in [3.8, 4) is 0 Å². The number of hydrogen-bond acceptors (Lipinski definition) is 2. The lowest BCUT2D eigenvalue weighted by molar-refractivity contribution is -0.0691. The molecular weight excluding hydrogens is 164 g/mol. The lowest BCUT2D eigenvalue weighted by Crippen LogP contribution is -2.40. The van der Waals surface area contributed by atoms with Crippen LogP contribution >= 0.6 is 0 Å². The molecule has 0 radical (unpaired) electrons. The summed E-state index contributed by atoms with van der Waals surface area (Å²) >= 11 is 0. The highest BCUT2D eigenvalue weighted by Gasteiger charge is 2.66. The van der Waals surface area contributed by atoms with Crippen molar-refractivity contribution in [2.45, 2.75) is 45.8 Å². The Kier molecular flexibility index (Phi) is 1.81. The Bertz CT molecular complexity index is 224. The van der Waals surface area contributed by atoms with Crippen molar-refractivity contribution in [1.82, 2.24) is 0 Å². The van der Waals surface area contributed by atoms with Gasteiger partial charge in [-0.05, 0) is 24.2 Å². The van der Waals surface area contributed by atoms with E-state index in [4.69, 9.17) is 4.74 Å². The zero-order chi connectivity index (χ0) is 9.85. The van der Waals surface area contributed by atoms with Crippen LogP contribution in [0.5, 0.6) is 0 Å². The fourth-order valence-corrected chi connectivity index (χ4v) is 3.54. The van der Waals surface area contributed by atoms with Gasteiger partial charge in [-0.15, -0.1) is 0 Å². The topological polar surface area (TPSA) is 29.5 Å². The second kappa shape index (κ2) is 2.48. The van der Waals surface area contributed by atoms with Crippen LogP contribution in [0.1, 0.15) is 33.6 Å². The van der Waals surface area contributed by atoms with Crippen molar-refractivity contribution >= 4 is 0 Å². The van der Waals surface area contributed by atoms with Gasteiger partial charge < -0.3 is 9.84 Å². The van der Waals surface area contributed by atoms with E-state index in [0.29, 0.717) is 5.92 Å². The van der Waals surface area contributed by atoms with Crippen molar-refractivity contribution < 1.29 is 9.84 Å². The maximum absolute atomic E-state index is 10.1. The lowest BCUT2D eigenvalue weighted by Gasteiger charge is -2.36. The molecule has 0 aromatic carbocycles. The van der Waals surface area contributed by atoms with Gasteiger partial charge in [0.1, 0.15) is 0 Å². The second-order valence-electron chi connectivity index (χ2n) is 5.43. The maximum Gasteiger partial charge on any atom is 0.0869 e. The molecule has 4 atom stereocenters. The third kappa shape index (κ3) is 0.861. The Hall–Kier alpha value is -0.0800. The molecule has 2 unspecified atom stereocenters. The fourth-order valence-electron chi connectivity index (χ4n) is 3.54. The van der Waals surface area contributed by atoms with E-state index in [2.05, 4.69) is 20.8 Å². The summed E-state index contributed by atoms with van der Waals surface area (Å²) in [6.45, 7) is 6.75. The smallest absolute Gasteiger partial charge is 0.0869 e. The summed E-state index contributed by atoms with van der Waals surface area (Å²) in [5, 5.41) is 10.1. The SMILES string of the molecule is CO[C@@H]1C2CCC(C)([C@H]1O)C2(C)C. The van der Waals surface area contributed by atoms with Crippen molar-refractivity contribution in [3.05, 3.63) is 0 Å². The molecular formula is C11H20O2. The summed E-state index contributed by atoms with van der Waals surface area (Å²) in [4.78, 5) is 0. The van der Waals surface area contributed by atoms with Crippen LogP contribution in [0, 0.1) is 16.7 Å². The molecule has 2 aliphatic carbocycles. The summed E-state index contributed by atoms with van der Waals surface area (Å²) in [5.41, 5.74) is 0.297. The Balaban J connectivity index is 2.39. The molecule has 1 N–H and O–H groups in total. The normalized spacial score (nSPS) is 52.8. The van der Waals surface area contributed by atoms with Crippen molar-refractivity contribution in [3.63, 3.8) is 0 Å². The number of hydrogen-bond donors (Lipinski definition) is 1. The van der Waals surface area contributed by atoms with Crippen LogP contribution in [-0.2, 0) is 4.74 Å². The van der Waals surface area contributed by atoms with E-state index in [1.807, 2.05) is 0 Å². The molecule has 0 amide bonds. The van der Waals surface area contributed by atoms with Gasteiger partial charge in [0.25, 0.3) is 0 Å². The van der Waals surface area contributed by atoms with Gasteiger partial charge >= 0.3 is 0 Å². The minimum absolute atomic E-state index is 0.0637. The first kappa shape index (κ1) is 9.47. The van der Waals surface area contributed by atoms with Gasteiger partial charge in [0, 0.05) is 12.5 Å². The standard InChI is InChI=1S/C11H20O2/c1-10(2)7-5-6-11(10,3)9(12)8(7)13-4/h7-9,12H,5-6H2,1-4H3/t7?,8-,9+,11?/m1/s1. The summed E-state index contributed by atoms with van der Waals surface area (Å²) in [7, 11) is 1.72. The molecule has 2 rings (SSSR count). The Morgan fingerprint density at radius 1 is 1.31 bits per heavy atom. The average Bonchev–Trinajstić information content (AvgIpc) is 2.36. The summed E-state index contributed by atoms with van der Waals surface area (Å²) in [5.74, 6) is 0.539. The van der Waals surface area contributed by atoms with Gasteiger partial charge in [0.15, 0.2) is 0 Å². The van der Waals surface area contributed by atoms with Gasteiger partial charge in [0.05, 0.1) is 12.2 Å². The van der Waals surface area contributed by atoms with Crippen LogP contribution in [0.25, 0.3) is 0 Å². The van der Waals surface area contributed by atoms with E-state index in [0.717, 1.165) is 6.42 Å². The first-order chi connectivity index (χ1) is 5.95. The minimum Gasteiger partial charge on any atom is -0.390 e. The lowest BCUT2D eigenvalue weighted by atomic mass is 9.70. The van der Waals surface area contributed by atoms with Crippen LogP contribution < -0.4 is 0 Å². The van der Waals surface area contributed by atoms with Crippen LogP contribution in [0.4, 0.5) is 0 Å². The fraction of sp³-hybridized carbons (Fsp3) is 1.00. The molecule has 2 aliphatic rings. The summed E-state index contributed by atoms with van der Waals surface area (Å²) < 4.78 is 5.41. The van der Waals surface area contributed by atoms with E-state index in [1.54, 1.807) is 7.11 Å². The maximum atomic E-state index is 10.1. The van der Waals surface area contributed by atoms with Gasteiger partial charge in [-0.2, -0.15) is 0 Å². The molecule has 0 spiro atoms. The molecule has 2 saturated carbocycles. The molecule has 0 saturated heterocycles. The second-order valence-corrected chi connectivity index (χ2v) is 5.43. The van der Waals surface area contributed by atoms with Crippen LogP contribution in [-0.4, -0.2) is 24.4 Å². The van der Waals surface area contributed by atoms with Crippen LogP contribution in [0.3, 0.4) is 0 Å². The van der Waals surface area contributed by atoms with E-state index < -0.39 is 0 Å². The minimum atomic E-state index is -0.272. The van der Waals surface area contributed by atoms with E-state index >= 15 is 0 Å². The molecule has 2 bridgehead atoms. The molecule has 0 aliphatic heterocycles. The zero-order valence-corrected chi connectivity index (χ0v) is 9.00. The summed E-state index contributed by atoms with van der Waals surface area (Å²) in [6, 6.07) is 0. The van der Waals surface area contributed by atoms with E-state index in [-0.39, 0.29) is 23.0 Å². The first-order valence-corrected chi connectivity index (χ1v) is 5.16. The quantitative estimate of drug-likeness (QED) is 0.673. The number of rotatable bonds is 1. The van der Waals surface area contributed by atoms with Gasteiger partial charge in [-0.3, -0.25) is 0 Å². The number of methoxy groups -OCH3 is 1. The van der Waals surface area contributed by atoms with Gasteiger partial charge in [0.2, 0.25) is 0 Å². The van der Waals surface area contributed by atoms with E-state index in [9.17, 15) is 5.11 Å². The number of fused-ring (bicyclic) bond motifs is 2. The highest BCUT2D eigenvalue weighted by molar-refractivity contribution is 5.15. The number of ether oxygens (including phenoxy) is 1. The van der Waals surface area contributed by atoms with Crippen LogP contribution in [0.15, 0.2) is 0 Å². The molecule has 76 valence electrons. The summed E-state index contributed by atoms with van der Waals surface area (Å²) in [6.07, 6.45) is 2.14. The molecule has 0 aromatic heterocycles. The van der Waals surface area contributed by atoms with Gasteiger partial charge in [-0.25, -0.2) is 0 Å². The molecule has 2 fully saturated rings. The Morgan fingerprint density at radius 3 is 2.23 bits per heavy atom. The zero-order valence-electron chi connectivity index (χ0n) is 9.00. The molecule has 0 aromatic rings. The Labute approximate surface area is 80.3 Å². The highest BCUT2D eigenvalue weighted by atomic mass is 16.5. The van der Waals surface area contributed by atoms with Gasteiger partial charge in [-0.1, -0.05) is 20.8 Å². The predicted molar refractivity (Wildman–Crippen MR) is 51.4 cm³/mol. The molecule has 13 heavy (non-hydrogen) atoms. The van der Waals surface area contributed by atoms with Crippen molar-refractivity contribution in [1.29, 1.82) is 0 Å². The number of aliphatic hydroxyl groups excluding tert-OH is 1. The number of aliphatic hydroxyl groups is 1. The van der Waals surface area contributed by atoms with Crippen molar-refractivity contribution in [2.24, 2.45) is 16.7 Å². The third-order valence-electron chi connectivity index (χ3n) is 5.01. The van der Waals surface area contributed by atoms with Crippen molar-refractivity contribution in [2.75, 3.05) is 7.11 Å². The predicted octanol–water partition coefficient (Wildman–Crippen LogP) is 1.82. The third-order valence-corrected chi connectivity index (χ3v) is 5.01. The average molecular weight is 184 g/mol. The molecule has 0 heterocycles. The monoisotopic (exact) mass is 184 g/mol. The highest BCUT2D eigenvalue weighted by Crippen LogP contribution is 2.65. The molecule has 2 nitrogen and oxygen atoms in total. The first-order valence-electron chi connectivity index (χ1n) is 5.16. The largest absolute Gasteiger partial charge is 0.390 e. The Morgan fingerprint density at radius 2 is 1.92 bits per heavy atom. The van der Waals surface area contributed by atoms with Crippen LogP contribution in [0.2, 0.25) is 0 Å². The molecule has 2 heteroatoms.